The number of pyridine rings is 1. The Balaban J connectivity index is 1.35. The van der Waals surface area contributed by atoms with Gasteiger partial charge in [-0.05, 0) is 56.9 Å². The zero-order valence-electron chi connectivity index (χ0n) is 21.3. The third kappa shape index (κ3) is 5.69. The van der Waals surface area contributed by atoms with Gasteiger partial charge in [0.1, 0.15) is 23.7 Å². The van der Waals surface area contributed by atoms with E-state index < -0.39 is 7.14 Å². The van der Waals surface area contributed by atoms with Crippen molar-refractivity contribution < 1.29 is 14.0 Å². The zero-order valence-corrected chi connectivity index (χ0v) is 23.0. The molecule has 9 nitrogen and oxygen atoms in total. The quantitative estimate of drug-likeness (QED) is 0.386. The molecule has 2 aromatic heterocycles. The summed E-state index contributed by atoms with van der Waals surface area (Å²) in [4.78, 5) is 15.9. The Kier molecular flexibility index (Phi) is 7.30. The fraction of sp³-hybridized carbons (Fsp3) is 0.423. The van der Waals surface area contributed by atoms with Crippen molar-refractivity contribution in [2.75, 3.05) is 62.3 Å². The minimum atomic E-state index is -2.51. The van der Waals surface area contributed by atoms with Gasteiger partial charge in [0, 0.05) is 30.4 Å². The second-order valence-corrected chi connectivity index (χ2v) is 13.7. The van der Waals surface area contributed by atoms with Crippen LogP contribution in [0.25, 0.3) is 0 Å². The van der Waals surface area contributed by atoms with Crippen LogP contribution in [0.3, 0.4) is 0 Å². The molecular weight excluding hydrogens is 511 g/mol. The van der Waals surface area contributed by atoms with Crippen molar-refractivity contribution in [2.24, 2.45) is 5.41 Å². The number of methoxy groups -OCH3 is 1. The summed E-state index contributed by atoms with van der Waals surface area (Å²) in [6, 6.07) is 11.3. The number of benzene rings is 1. The van der Waals surface area contributed by atoms with E-state index in [0.717, 1.165) is 50.3 Å². The number of hydrogen-bond acceptors (Lipinski definition) is 9. The minimum absolute atomic E-state index is 0.229. The van der Waals surface area contributed by atoms with Crippen molar-refractivity contribution in [1.29, 1.82) is 0 Å². The van der Waals surface area contributed by atoms with Crippen LogP contribution in [-0.4, -0.2) is 61.7 Å². The first-order chi connectivity index (χ1) is 17.8. The van der Waals surface area contributed by atoms with E-state index in [0.29, 0.717) is 34.0 Å². The summed E-state index contributed by atoms with van der Waals surface area (Å²) in [6.45, 7) is 7.04. The highest BCUT2D eigenvalue weighted by atomic mass is 35.5. The van der Waals surface area contributed by atoms with Crippen LogP contribution in [0, 0.1) is 5.41 Å². The van der Waals surface area contributed by atoms with Gasteiger partial charge in [-0.3, -0.25) is 0 Å². The summed E-state index contributed by atoms with van der Waals surface area (Å²) in [7, 11) is -0.915. The first-order valence-corrected chi connectivity index (χ1v) is 15.3. The molecular formula is C26H32ClN6O3P. The lowest BCUT2D eigenvalue weighted by atomic mass is 9.82. The number of rotatable bonds is 7. The standard InChI is InChI=1S/C26H32ClN6O3P/c1-35-24-20(9-10-22(31-24)33-13-12-26(16-33)11-6-14-36-17-26)30-25-28-15-18(27)23(32-25)29-19-7-4-5-8-21(19)37(2,3)34/h4-5,7-10,15H,6,11-14,16-17H2,1-3H3,(H2,28,29,30,32). The molecule has 0 radical (unpaired) electrons. The largest absolute Gasteiger partial charge is 0.479 e. The third-order valence-electron chi connectivity index (χ3n) is 6.93. The van der Waals surface area contributed by atoms with E-state index >= 15 is 0 Å². The van der Waals surface area contributed by atoms with Gasteiger partial charge in [-0.1, -0.05) is 23.7 Å². The molecule has 2 fully saturated rings. The summed E-state index contributed by atoms with van der Waals surface area (Å²) in [6.07, 6.45) is 4.94. The molecule has 0 amide bonds. The molecule has 3 aromatic rings. The lowest BCUT2D eigenvalue weighted by molar-refractivity contribution is 0.00437. The number of anilines is 5. The fourth-order valence-electron chi connectivity index (χ4n) is 5.03. The van der Waals surface area contributed by atoms with Gasteiger partial charge >= 0.3 is 0 Å². The highest BCUT2D eigenvalue weighted by Crippen LogP contribution is 2.41. The lowest BCUT2D eigenvalue weighted by Crippen LogP contribution is -2.35. The average molecular weight is 543 g/mol. The van der Waals surface area contributed by atoms with E-state index in [1.807, 2.05) is 36.4 Å². The molecule has 1 aromatic carbocycles. The van der Waals surface area contributed by atoms with Gasteiger partial charge in [0.25, 0.3) is 0 Å². The number of hydrogen-bond donors (Lipinski definition) is 2. The first-order valence-electron chi connectivity index (χ1n) is 12.4. The minimum Gasteiger partial charge on any atom is -0.479 e. The molecule has 196 valence electrons. The number of nitrogens with zero attached hydrogens (tertiary/aromatic N) is 4. The molecule has 0 aliphatic carbocycles. The maximum Gasteiger partial charge on any atom is 0.239 e. The maximum atomic E-state index is 12.8. The Hall–Kier alpha value is -2.87. The monoisotopic (exact) mass is 542 g/mol. The number of para-hydroxylation sites is 1. The SMILES string of the molecule is COc1nc(N2CCC3(CCCOC3)C2)ccc1Nc1ncc(Cl)c(Nc2ccccc2P(C)(C)=O)n1. The highest BCUT2D eigenvalue weighted by molar-refractivity contribution is 7.70. The van der Waals surface area contributed by atoms with Crippen molar-refractivity contribution in [3.63, 3.8) is 0 Å². The van der Waals surface area contributed by atoms with E-state index in [4.69, 9.17) is 26.1 Å². The van der Waals surface area contributed by atoms with Crippen LogP contribution in [-0.2, 0) is 9.30 Å². The topological polar surface area (TPSA) is 102 Å². The Morgan fingerprint density at radius 2 is 1.95 bits per heavy atom. The Labute approximate surface area is 222 Å². The van der Waals surface area contributed by atoms with Gasteiger partial charge in [0.05, 0.1) is 25.6 Å². The Morgan fingerprint density at radius 3 is 2.70 bits per heavy atom. The molecule has 2 N–H and O–H groups in total. The summed E-state index contributed by atoms with van der Waals surface area (Å²) in [5, 5.41) is 7.48. The molecule has 2 saturated heterocycles. The number of halogens is 1. The predicted molar refractivity (Wildman–Crippen MR) is 149 cm³/mol. The summed E-state index contributed by atoms with van der Waals surface area (Å²) < 4.78 is 24.1. The molecule has 1 atom stereocenters. The van der Waals surface area contributed by atoms with Crippen LogP contribution in [0.15, 0.2) is 42.6 Å². The van der Waals surface area contributed by atoms with Crippen LogP contribution in [0.1, 0.15) is 19.3 Å². The molecule has 2 aliphatic rings. The van der Waals surface area contributed by atoms with E-state index in [1.54, 1.807) is 20.4 Å². The van der Waals surface area contributed by atoms with Gasteiger partial charge in [-0.25, -0.2) is 4.98 Å². The molecule has 0 saturated carbocycles. The zero-order chi connectivity index (χ0) is 26.0. The smallest absolute Gasteiger partial charge is 0.239 e. The normalized spacial score (nSPS) is 19.7. The van der Waals surface area contributed by atoms with Gasteiger partial charge in [0.2, 0.25) is 11.8 Å². The van der Waals surface area contributed by atoms with Crippen LogP contribution in [0.2, 0.25) is 5.02 Å². The number of nitrogens with one attached hydrogen (secondary N) is 2. The van der Waals surface area contributed by atoms with E-state index in [2.05, 4.69) is 25.5 Å². The molecule has 4 heterocycles. The third-order valence-corrected chi connectivity index (χ3v) is 8.76. The fourth-order valence-corrected chi connectivity index (χ4v) is 6.33. The van der Waals surface area contributed by atoms with Gasteiger partial charge in [-0.15, -0.1) is 0 Å². The lowest BCUT2D eigenvalue weighted by Gasteiger charge is -2.33. The molecule has 2 aliphatic heterocycles. The van der Waals surface area contributed by atoms with Gasteiger partial charge < -0.3 is 29.6 Å². The molecule has 5 rings (SSSR count). The van der Waals surface area contributed by atoms with Crippen molar-refractivity contribution in [2.45, 2.75) is 19.3 Å². The summed E-state index contributed by atoms with van der Waals surface area (Å²) in [5.74, 6) is 2.06. The van der Waals surface area contributed by atoms with Gasteiger partial charge in [0.15, 0.2) is 5.82 Å². The molecule has 1 unspecified atom stereocenters. The van der Waals surface area contributed by atoms with Crippen LogP contribution < -0.4 is 25.6 Å². The average Bonchev–Trinajstić information content (AvgIpc) is 3.29. The summed E-state index contributed by atoms with van der Waals surface area (Å²) >= 11 is 6.39. The predicted octanol–water partition coefficient (Wildman–Crippen LogP) is 5.28. The van der Waals surface area contributed by atoms with Crippen molar-refractivity contribution >= 4 is 53.0 Å². The van der Waals surface area contributed by atoms with E-state index in [1.165, 1.54) is 12.6 Å². The van der Waals surface area contributed by atoms with E-state index in [-0.39, 0.29) is 5.41 Å². The first kappa shape index (κ1) is 25.8. The Bertz CT molecular complexity index is 1330. The second-order valence-electron chi connectivity index (χ2n) is 10.1. The van der Waals surface area contributed by atoms with Crippen LogP contribution in [0.4, 0.5) is 29.0 Å². The number of aromatic nitrogens is 3. The second kappa shape index (κ2) is 10.5. The van der Waals surface area contributed by atoms with Gasteiger partial charge in [-0.2, -0.15) is 9.97 Å². The Morgan fingerprint density at radius 1 is 1.11 bits per heavy atom. The number of ether oxygens (including phenoxy) is 2. The molecule has 0 bridgehead atoms. The highest BCUT2D eigenvalue weighted by Gasteiger charge is 2.40. The summed E-state index contributed by atoms with van der Waals surface area (Å²) in [5.41, 5.74) is 1.56. The van der Waals surface area contributed by atoms with Crippen molar-refractivity contribution in [3.8, 4) is 5.88 Å². The van der Waals surface area contributed by atoms with E-state index in [9.17, 15) is 4.57 Å². The molecule has 1 spiro atoms. The molecule has 11 heteroatoms. The molecule has 37 heavy (non-hydrogen) atoms. The van der Waals surface area contributed by atoms with Crippen molar-refractivity contribution in [3.05, 3.63) is 47.6 Å². The van der Waals surface area contributed by atoms with Crippen molar-refractivity contribution in [1.82, 2.24) is 15.0 Å². The van der Waals surface area contributed by atoms with Crippen LogP contribution >= 0.6 is 18.7 Å². The maximum absolute atomic E-state index is 12.8. The van der Waals surface area contributed by atoms with Crippen LogP contribution in [0.5, 0.6) is 5.88 Å².